The Morgan fingerprint density at radius 2 is 1.85 bits per heavy atom. The van der Waals surface area contributed by atoms with Crippen molar-refractivity contribution in [3.8, 4) is 11.5 Å². The van der Waals surface area contributed by atoms with Crippen molar-refractivity contribution < 1.29 is 23.7 Å². The third kappa shape index (κ3) is 4.88. The summed E-state index contributed by atoms with van der Waals surface area (Å²) < 4.78 is 20.2. The molecule has 0 saturated heterocycles. The van der Waals surface area contributed by atoms with Gasteiger partial charge in [-0.1, -0.05) is 11.6 Å². The van der Waals surface area contributed by atoms with Gasteiger partial charge in [0, 0.05) is 13.2 Å². The highest BCUT2D eigenvalue weighted by Crippen LogP contribution is 2.35. The average Bonchev–Trinajstić information content (AvgIpc) is 2.44. The minimum atomic E-state index is -0.305. The second kappa shape index (κ2) is 8.63. The first-order chi connectivity index (χ1) is 9.62. The van der Waals surface area contributed by atoms with E-state index in [1.807, 2.05) is 0 Å². The fourth-order valence-corrected chi connectivity index (χ4v) is 1.69. The van der Waals surface area contributed by atoms with E-state index in [1.54, 1.807) is 19.2 Å². The first kappa shape index (κ1) is 16.6. The van der Waals surface area contributed by atoms with Crippen LogP contribution in [0, 0.1) is 0 Å². The van der Waals surface area contributed by atoms with Gasteiger partial charge in [-0.25, -0.2) is 0 Å². The molecule has 1 amide bonds. The highest BCUT2D eigenvalue weighted by molar-refractivity contribution is 6.32. The van der Waals surface area contributed by atoms with Gasteiger partial charge >= 0.3 is 0 Å². The van der Waals surface area contributed by atoms with Gasteiger partial charge in [0.25, 0.3) is 0 Å². The van der Waals surface area contributed by atoms with Gasteiger partial charge in [0.05, 0.1) is 38.1 Å². The van der Waals surface area contributed by atoms with Gasteiger partial charge in [-0.3, -0.25) is 4.79 Å². The van der Waals surface area contributed by atoms with Crippen LogP contribution in [0.15, 0.2) is 12.1 Å². The number of rotatable bonds is 8. The molecule has 20 heavy (non-hydrogen) atoms. The first-order valence-electron chi connectivity index (χ1n) is 5.90. The van der Waals surface area contributed by atoms with E-state index in [-0.39, 0.29) is 12.5 Å². The molecule has 0 atom stereocenters. The largest absolute Gasteiger partial charge is 0.495 e. The summed E-state index contributed by atoms with van der Waals surface area (Å²) in [5.74, 6) is 0.620. The van der Waals surface area contributed by atoms with E-state index in [0.29, 0.717) is 35.4 Å². The lowest BCUT2D eigenvalue weighted by molar-refractivity contribution is -0.121. The molecule has 0 fully saturated rings. The van der Waals surface area contributed by atoms with Crippen LogP contribution in [0.5, 0.6) is 11.5 Å². The van der Waals surface area contributed by atoms with Crippen molar-refractivity contribution in [1.29, 1.82) is 0 Å². The molecule has 0 radical (unpaired) electrons. The zero-order valence-corrected chi connectivity index (χ0v) is 12.5. The van der Waals surface area contributed by atoms with E-state index in [4.69, 9.17) is 30.5 Å². The van der Waals surface area contributed by atoms with Crippen molar-refractivity contribution in [2.75, 3.05) is 46.5 Å². The van der Waals surface area contributed by atoms with Crippen molar-refractivity contribution in [3.05, 3.63) is 17.2 Å². The SMILES string of the molecule is COCCOCC(=O)Nc1cc(Cl)c(OC)cc1OC. The molecule has 112 valence electrons. The molecule has 0 unspecified atom stereocenters. The van der Waals surface area contributed by atoms with Crippen molar-refractivity contribution in [2.24, 2.45) is 0 Å². The lowest BCUT2D eigenvalue weighted by atomic mass is 10.2. The number of carbonyl (C=O) groups excluding carboxylic acids is 1. The zero-order valence-electron chi connectivity index (χ0n) is 11.7. The Morgan fingerprint density at radius 3 is 2.45 bits per heavy atom. The molecule has 0 aliphatic carbocycles. The molecule has 1 aromatic carbocycles. The van der Waals surface area contributed by atoms with Crippen molar-refractivity contribution in [1.82, 2.24) is 0 Å². The minimum Gasteiger partial charge on any atom is -0.495 e. The number of hydrogen-bond acceptors (Lipinski definition) is 5. The summed E-state index contributed by atoms with van der Waals surface area (Å²) in [5, 5.41) is 3.04. The van der Waals surface area contributed by atoms with Crippen LogP contribution < -0.4 is 14.8 Å². The minimum absolute atomic E-state index is 0.0733. The smallest absolute Gasteiger partial charge is 0.250 e. The standard InChI is InChI=1S/C13H18ClNO5/c1-17-4-5-20-8-13(16)15-10-6-9(14)11(18-2)7-12(10)19-3/h6-7H,4-5,8H2,1-3H3,(H,15,16). The summed E-state index contributed by atoms with van der Waals surface area (Å²) in [6.07, 6.45) is 0. The Hall–Kier alpha value is -1.50. The second-order valence-corrected chi connectivity index (χ2v) is 4.19. The van der Waals surface area contributed by atoms with Crippen molar-refractivity contribution in [3.63, 3.8) is 0 Å². The predicted octanol–water partition coefficient (Wildman–Crippen LogP) is 1.96. The quantitative estimate of drug-likeness (QED) is 0.744. The monoisotopic (exact) mass is 303 g/mol. The van der Waals surface area contributed by atoms with Gasteiger partial charge in [0.2, 0.25) is 5.91 Å². The van der Waals surface area contributed by atoms with E-state index in [2.05, 4.69) is 5.32 Å². The Morgan fingerprint density at radius 1 is 1.15 bits per heavy atom. The van der Waals surface area contributed by atoms with E-state index in [9.17, 15) is 4.79 Å². The third-order valence-corrected chi connectivity index (χ3v) is 2.71. The van der Waals surface area contributed by atoms with E-state index in [1.165, 1.54) is 14.2 Å². The van der Waals surface area contributed by atoms with Gasteiger partial charge in [0.1, 0.15) is 18.1 Å². The molecule has 0 saturated carbocycles. The predicted molar refractivity (Wildman–Crippen MR) is 75.9 cm³/mol. The normalized spacial score (nSPS) is 10.2. The highest BCUT2D eigenvalue weighted by atomic mass is 35.5. The second-order valence-electron chi connectivity index (χ2n) is 3.78. The average molecular weight is 304 g/mol. The third-order valence-electron chi connectivity index (χ3n) is 2.41. The summed E-state index contributed by atoms with van der Waals surface area (Å²) in [6.45, 7) is 0.714. The van der Waals surface area contributed by atoms with Crippen LogP contribution >= 0.6 is 11.6 Å². The lowest BCUT2D eigenvalue weighted by Gasteiger charge is -2.13. The van der Waals surface area contributed by atoms with Gasteiger partial charge in [0.15, 0.2) is 0 Å². The van der Waals surface area contributed by atoms with Crippen molar-refractivity contribution in [2.45, 2.75) is 0 Å². The Labute approximate surface area is 122 Å². The van der Waals surface area contributed by atoms with Crippen LogP contribution in [-0.2, 0) is 14.3 Å². The Kier molecular flexibility index (Phi) is 7.14. The summed E-state index contributed by atoms with van der Waals surface area (Å²) in [6, 6.07) is 3.16. The molecule has 1 aromatic rings. The lowest BCUT2D eigenvalue weighted by Crippen LogP contribution is -2.20. The zero-order chi connectivity index (χ0) is 15.0. The summed E-state index contributed by atoms with van der Waals surface area (Å²) in [4.78, 5) is 11.7. The fraction of sp³-hybridized carbons (Fsp3) is 0.462. The summed E-state index contributed by atoms with van der Waals surface area (Å²) >= 11 is 6.01. The first-order valence-corrected chi connectivity index (χ1v) is 6.28. The van der Waals surface area contributed by atoms with Gasteiger partial charge in [-0.05, 0) is 6.07 Å². The maximum atomic E-state index is 11.7. The number of nitrogens with one attached hydrogen (secondary N) is 1. The van der Waals surface area contributed by atoms with Crippen molar-refractivity contribution >= 4 is 23.2 Å². The van der Waals surface area contributed by atoms with Crippen LogP contribution in [0.4, 0.5) is 5.69 Å². The van der Waals surface area contributed by atoms with Crippen LogP contribution in [0.3, 0.4) is 0 Å². The Bertz CT molecular complexity index is 453. The maximum absolute atomic E-state index is 11.7. The van der Waals surface area contributed by atoms with Gasteiger partial charge < -0.3 is 24.3 Å². The van der Waals surface area contributed by atoms with Crippen LogP contribution in [0.1, 0.15) is 0 Å². The Balaban J connectivity index is 2.66. The number of hydrogen-bond donors (Lipinski definition) is 1. The highest BCUT2D eigenvalue weighted by Gasteiger charge is 2.12. The number of anilines is 1. The molecule has 1 rings (SSSR count). The number of amides is 1. The molecule has 0 aliphatic rings. The summed E-state index contributed by atoms with van der Waals surface area (Å²) in [7, 11) is 4.56. The molecule has 0 aromatic heterocycles. The molecule has 0 spiro atoms. The number of methoxy groups -OCH3 is 3. The fourth-order valence-electron chi connectivity index (χ4n) is 1.45. The topological polar surface area (TPSA) is 66.0 Å². The van der Waals surface area contributed by atoms with Crippen LogP contribution in [0.25, 0.3) is 0 Å². The molecular formula is C13H18ClNO5. The molecule has 1 N–H and O–H groups in total. The molecule has 7 heteroatoms. The van der Waals surface area contributed by atoms with E-state index >= 15 is 0 Å². The molecule has 6 nitrogen and oxygen atoms in total. The van der Waals surface area contributed by atoms with Crippen LogP contribution in [-0.4, -0.2) is 47.1 Å². The maximum Gasteiger partial charge on any atom is 0.250 e. The molecule has 0 aliphatic heterocycles. The van der Waals surface area contributed by atoms with E-state index in [0.717, 1.165) is 0 Å². The molecule has 0 bridgehead atoms. The van der Waals surface area contributed by atoms with Gasteiger partial charge in [-0.2, -0.15) is 0 Å². The van der Waals surface area contributed by atoms with Crippen LogP contribution in [0.2, 0.25) is 5.02 Å². The van der Waals surface area contributed by atoms with E-state index < -0.39 is 0 Å². The number of carbonyl (C=O) groups is 1. The number of benzene rings is 1. The number of halogens is 1. The molecule has 0 heterocycles. The summed E-state index contributed by atoms with van der Waals surface area (Å²) in [5.41, 5.74) is 0.457. The number of ether oxygens (including phenoxy) is 4. The van der Waals surface area contributed by atoms with Gasteiger partial charge in [-0.15, -0.1) is 0 Å². The molecular weight excluding hydrogens is 286 g/mol.